The van der Waals surface area contributed by atoms with Gasteiger partial charge in [-0.25, -0.2) is 0 Å². The number of amides is 1. The zero-order chi connectivity index (χ0) is 27.2. The molecule has 0 aromatic rings. The molecule has 0 aromatic heterocycles. The molecule has 4 N–H and O–H groups in total. The van der Waals surface area contributed by atoms with E-state index in [9.17, 15) is 20.1 Å². The van der Waals surface area contributed by atoms with E-state index in [4.69, 9.17) is 0 Å². The Kier molecular flexibility index (Phi) is 10.7. The smallest absolute Gasteiger partial charge is 0.220 e. The van der Waals surface area contributed by atoms with Crippen molar-refractivity contribution in [1.29, 1.82) is 0 Å². The van der Waals surface area contributed by atoms with Gasteiger partial charge in [0.25, 0.3) is 0 Å². The lowest BCUT2D eigenvalue weighted by Gasteiger charge is -2.63. The first-order chi connectivity index (χ1) is 17.3. The lowest BCUT2D eigenvalue weighted by atomic mass is 9.43. The molecule has 222 valence electrons. The van der Waals surface area contributed by atoms with Crippen LogP contribution in [0.3, 0.4) is 0 Å². The fourth-order valence-corrected chi connectivity index (χ4v) is 10.00. The highest BCUT2D eigenvalue weighted by Gasteiger charge is 2.65. The van der Waals surface area contributed by atoms with E-state index in [0.717, 1.165) is 81.9 Å². The molecule has 0 heterocycles. The number of halogens is 1. The molecule has 4 fully saturated rings. The molecule has 0 aliphatic heterocycles. The van der Waals surface area contributed by atoms with Crippen molar-refractivity contribution in [1.82, 2.24) is 5.32 Å². The standard InChI is InChI=1S/C31H56N2O4.HI/c1-7-15-33(5,6)16-14-32-28(37)11-8-20(2)23-9-10-24-29-25(19-27(36)31(23,24)4)30(3)13-12-22(34)17-21(30)18-26(29)35;/h20-27,29,34-36H,7-19H2,1-6H3;1H/t20-,21?,22-,23-,24?,25?,26-,27+,29?,30+,31-;/m1./s1. The number of aliphatic hydroxyl groups excluding tert-OH is 3. The van der Waals surface area contributed by atoms with E-state index in [1.165, 1.54) is 0 Å². The fraction of sp³-hybridized carbons (Fsp3) is 0.968. The van der Waals surface area contributed by atoms with Gasteiger partial charge in [0, 0.05) is 6.42 Å². The van der Waals surface area contributed by atoms with Crippen LogP contribution in [0.2, 0.25) is 0 Å². The van der Waals surface area contributed by atoms with Crippen LogP contribution >= 0.6 is 0 Å². The van der Waals surface area contributed by atoms with E-state index in [1.54, 1.807) is 0 Å². The van der Waals surface area contributed by atoms with E-state index >= 15 is 0 Å². The van der Waals surface area contributed by atoms with Crippen LogP contribution in [0.1, 0.15) is 91.9 Å². The number of carbonyl (C=O) groups excluding carboxylic acids is 1. The summed E-state index contributed by atoms with van der Waals surface area (Å²) in [6.45, 7) is 12.0. The number of rotatable bonds is 9. The van der Waals surface area contributed by atoms with Crippen molar-refractivity contribution < 1.29 is 48.6 Å². The predicted octanol–water partition coefficient (Wildman–Crippen LogP) is 0.971. The number of hydrogen-bond donors (Lipinski definition) is 4. The number of nitrogens with zero attached hydrogens (tertiary/aromatic N) is 1. The summed E-state index contributed by atoms with van der Waals surface area (Å²) in [4.78, 5) is 12.6. The molecule has 0 radical (unpaired) electrons. The molecule has 0 saturated heterocycles. The highest BCUT2D eigenvalue weighted by Crippen LogP contribution is 2.68. The van der Waals surface area contributed by atoms with Crippen molar-refractivity contribution in [3.63, 3.8) is 0 Å². The molecular weight excluding hydrogens is 591 g/mol. The molecule has 7 heteroatoms. The third kappa shape index (κ3) is 6.12. The minimum Gasteiger partial charge on any atom is -1.00 e. The predicted molar refractivity (Wildman–Crippen MR) is 148 cm³/mol. The molecular formula is C31H57IN2O4. The molecule has 1 amide bonds. The molecule has 6 nitrogen and oxygen atoms in total. The highest BCUT2D eigenvalue weighted by atomic mass is 127. The number of quaternary nitrogens is 1. The summed E-state index contributed by atoms with van der Waals surface area (Å²) in [5.41, 5.74) is -0.0886. The van der Waals surface area contributed by atoms with Gasteiger partial charge in [0.1, 0.15) is 0 Å². The SMILES string of the molecule is CCC[N+](C)(C)CCNC(=O)CC[C@@H](C)[C@H]1CCC2C3C(C[C@H](O)[C@@]21C)[C@@]1(C)CC[C@@H](O)CC1C[C@H]3O.[I-]. The molecule has 4 rings (SSSR count). The average molecular weight is 649 g/mol. The summed E-state index contributed by atoms with van der Waals surface area (Å²) in [5, 5.41) is 36.6. The van der Waals surface area contributed by atoms with Gasteiger partial charge in [0.15, 0.2) is 0 Å². The van der Waals surface area contributed by atoms with Gasteiger partial charge in [-0.2, -0.15) is 0 Å². The average Bonchev–Trinajstić information content (AvgIpc) is 3.17. The van der Waals surface area contributed by atoms with E-state index in [2.05, 4.69) is 47.1 Å². The third-order valence-electron chi connectivity index (χ3n) is 12.2. The zero-order valence-electron chi connectivity index (χ0n) is 25.0. The van der Waals surface area contributed by atoms with Crippen LogP contribution in [0.5, 0.6) is 0 Å². The molecule has 4 aliphatic rings. The maximum absolute atomic E-state index is 12.6. The third-order valence-corrected chi connectivity index (χ3v) is 12.2. The van der Waals surface area contributed by atoms with Gasteiger partial charge in [-0.15, -0.1) is 0 Å². The molecule has 4 aliphatic carbocycles. The normalized spacial score (nSPS) is 43.3. The highest BCUT2D eigenvalue weighted by molar-refractivity contribution is 5.75. The topological polar surface area (TPSA) is 89.8 Å². The number of fused-ring (bicyclic) bond motifs is 5. The van der Waals surface area contributed by atoms with Crippen LogP contribution in [0.15, 0.2) is 0 Å². The van der Waals surface area contributed by atoms with Gasteiger partial charge < -0.3 is 49.1 Å². The number of hydrogen-bond acceptors (Lipinski definition) is 4. The lowest BCUT2D eigenvalue weighted by molar-refractivity contribution is -0.889. The van der Waals surface area contributed by atoms with E-state index in [1.807, 2.05) is 0 Å². The Morgan fingerprint density at radius 3 is 2.42 bits per heavy atom. The van der Waals surface area contributed by atoms with Crippen LogP contribution in [0.4, 0.5) is 0 Å². The Hall–Kier alpha value is 0.0400. The number of likely N-dealkylation sites (N-methyl/N-ethyl adjacent to an activating group) is 1. The Balaban J connectivity index is 0.00000400. The molecule has 0 aromatic carbocycles. The van der Waals surface area contributed by atoms with Crippen molar-refractivity contribution in [3.8, 4) is 0 Å². The van der Waals surface area contributed by atoms with E-state index in [-0.39, 0.29) is 64.9 Å². The minimum atomic E-state index is -0.365. The lowest BCUT2D eigenvalue weighted by Crippen LogP contribution is -3.00. The van der Waals surface area contributed by atoms with Crippen molar-refractivity contribution in [2.75, 3.05) is 33.7 Å². The summed E-state index contributed by atoms with van der Waals surface area (Å²) >= 11 is 0. The van der Waals surface area contributed by atoms with Crippen molar-refractivity contribution in [3.05, 3.63) is 0 Å². The Labute approximate surface area is 249 Å². The first-order valence-electron chi connectivity index (χ1n) is 15.5. The molecule has 11 atom stereocenters. The summed E-state index contributed by atoms with van der Waals surface area (Å²) in [7, 11) is 4.44. The summed E-state index contributed by atoms with van der Waals surface area (Å²) in [5.74, 6) is 2.16. The van der Waals surface area contributed by atoms with Gasteiger partial charge in [0.2, 0.25) is 5.91 Å². The largest absolute Gasteiger partial charge is 1.00 e. The van der Waals surface area contributed by atoms with Crippen LogP contribution in [0.25, 0.3) is 0 Å². The van der Waals surface area contributed by atoms with Crippen LogP contribution in [0, 0.1) is 46.3 Å². The maximum Gasteiger partial charge on any atom is 0.220 e. The van der Waals surface area contributed by atoms with Gasteiger partial charge >= 0.3 is 0 Å². The van der Waals surface area contributed by atoms with Gasteiger partial charge in [-0.05, 0) is 104 Å². The van der Waals surface area contributed by atoms with Gasteiger partial charge in [-0.1, -0.05) is 27.7 Å². The molecule has 4 unspecified atom stereocenters. The van der Waals surface area contributed by atoms with Crippen molar-refractivity contribution in [2.45, 2.75) is 110 Å². The molecule has 38 heavy (non-hydrogen) atoms. The first kappa shape index (κ1) is 32.6. The molecule has 4 saturated carbocycles. The zero-order valence-corrected chi connectivity index (χ0v) is 27.1. The fourth-order valence-electron chi connectivity index (χ4n) is 10.00. The summed E-state index contributed by atoms with van der Waals surface area (Å²) in [6.07, 6.45) is 7.98. The maximum atomic E-state index is 12.6. The van der Waals surface area contributed by atoms with Crippen molar-refractivity contribution in [2.24, 2.45) is 46.3 Å². The number of carbonyl (C=O) groups is 1. The minimum absolute atomic E-state index is 0. The second-order valence-corrected chi connectivity index (χ2v) is 14.8. The second kappa shape index (κ2) is 12.5. The number of nitrogens with one attached hydrogen (secondary N) is 1. The summed E-state index contributed by atoms with van der Waals surface area (Å²) in [6, 6.07) is 0. The Morgan fingerprint density at radius 2 is 1.74 bits per heavy atom. The van der Waals surface area contributed by atoms with E-state index in [0.29, 0.717) is 36.0 Å². The van der Waals surface area contributed by atoms with Crippen molar-refractivity contribution >= 4 is 5.91 Å². The second-order valence-electron chi connectivity index (χ2n) is 14.8. The molecule has 0 spiro atoms. The van der Waals surface area contributed by atoms with Gasteiger partial charge in [-0.3, -0.25) is 4.79 Å². The van der Waals surface area contributed by atoms with E-state index < -0.39 is 0 Å². The number of aliphatic hydroxyl groups is 3. The van der Waals surface area contributed by atoms with Gasteiger partial charge in [0.05, 0.1) is 52.0 Å². The van der Waals surface area contributed by atoms with Crippen LogP contribution in [-0.4, -0.2) is 77.8 Å². The Bertz CT molecular complexity index is 811. The van der Waals surface area contributed by atoms with Crippen LogP contribution in [-0.2, 0) is 4.79 Å². The Morgan fingerprint density at radius 1 is 1.03 bits per heavy atom. The van der Waals surface area contributed by atoms with Crippen LogP contribution < -0.4 is 29.3 Å². The first-order valence-corrected chi connectivity index (χ1v) is 15.5. The molecule has 0 bridgehead atoms. The summed E-state index contributed by atoms with van der Waals surface area (Å²) < 4.78 is 0.932. The monoisotopic (exact) mass is 648 g/mol. The quantitative estimate of drug-likeness (QED) is 0.222.